The molecule has 0 radical (unpaired) electrons. The van der Waals surface area contributed by atoms with Crippen molar-refractivity contribution in [3.63, 3.8) is 0 Å². The largest absolute Gasteiger partial charge is 0.467 e. The summed E-state index contributed by atoms with van der Waals surface area (Å²) in [5, 5.41) is 2.68. The van der Waals surface area contributed by atoms with Gasteiger partial charge in [0.25, 0.3) is 8.32 Å². The van der Waals surface area contributed by atoms with Crippen molar-refractivity contribution in [2.24, 2.45) is 0 Å². The molecule has 26 heavy (non-hydrogen) atoms. The fraction of sp³-hybridized carbons (Fsp3) is 0.304. The molecule has 0 bridgehead atoms. The van der Waals surface area contributed by atoms with E-state index in [1.807, 2.05) is 12.1 Å². The third-order valence-corrected chi connectivity index (χ3v) is 9.21. The molecule has 0 fully saturated rings. The van der Waals surface area contributed by atoms with Gasteiger partial charge in [-0.3, -0.25) is 0 Å². The highest BCUT2D eigenvalue weighted by Gasteiger charge is 2.41. The van der Waals surface area contributed by atoms with Crippen LogP contribution in [0, 0.1) is 0 Å². The number of hydrogen-bond donors (Lipinski definition) is 0. The summed E-state index contributed by atoms with van der Waals surface area (Å²) in [5.41, 5.74) is 0. The zero-order valence-corrected chi connectivity index (χ0v) is 16.7. The molecule has 0 aliphatic carbocycles. The molecule has 1 atom stereocenters. The van der Waals surface area contributed by atoms with Gasteiger partial charge in [0.2, 0.25) is 0 Å². The van der Waals surface area contributed by atoms with Crippen LogP contribution in [0.3, 0.4) is 0 Å². The van der Waals surface area contributed by atoms with E-state index in [9.17, 15) is 0 Å². The highest BCUT2D eigenvalue weighted by atomic mass is 28.4. The van der Waals surface area contributed by atoms with Gasteiger partial charge in [-0.1, -0.05) is 87.4 Å². The summed E-state index contributed by atoms with van der Waals surface area (Å²) in [4.78, 5) is 0. The predicted octanol–water partition coefficient (Wildman–Crippen LogP) is 5.31. The van der Waals surface area contributed by atoms with Gasteiger partial charge in [0.05, 0.1) is 6.26 Å². The quantitative estimate of drug-likeness (QED) is 0.480. The molecule has 1 heterocycles. The molecule has 2 nitrogen and oxygen atoms in total. The topological polar surface area (TPSA) is 22.4 Å². The lowest BCUT2D eigenvalue weighted by atomic mass is 10.2. The Kier molecular flexibility index (Phi) is 6.48. The van der Waals surface area contributed by atoms with E-state index in [-0.39, 0.29) is 6.10 Å². The van der Waals surface area contributed by atoms with Crippen LogP contribution in [0.2, 0.25) is 6.04 Å². The smallest absolute Gasteiger partial charge is 0.256 e. The van der Waals surface area contributed by atoms with E-state index in [0.29, 0.717) is 0 Å². The molecule has 3 aromatic rings. The summed E-state index contributed by atoms with van der Waals surface area (Å²) in [5.74, 6) is 0.924. The molecule has 0 aliphatic rings. The Labute approximate surface area is 158 Å². The van der Waals surface area contributed by atoms with Crippen LogP contribution in [0.5, 0.6) is 0 Å². The van der Waals surface area contributed by atoms with Gasteiger partial charge in [0, 0.05) is 0 Å². The average Bonchev–Trinajstić information content (AvgIpc) is 3.25. The Bertz CT molecular complexity index is 714. The number of benzene rings is 2. The molecular formula is C23H28O2Si. The Morgan fingerprint density at radius 1 is 0.846 bits per heavy atom. The molecular weight excluding hydrogens is 336 g/mol. The second-order valence-electron chi connectivity index (χ2n) is 6.69. The fourth-order valence-electron chi connectivity index (χ4n) is 3.55. The van der Waals surface area contributed by atoms with Crippen molar-refractivity contribution >= 4 is 18.7 Å². The summed E-state index contributed by atoms with van der Waals surface area (Å²) < 4.78 is 12.8. The van der Waals surface area contributed by atoms with Crippen LogP contribution < -0.4 is 10.4 Å². The van der Waals surface area contributed by atoms with Gasteiger partial charge in [-0.05, 0) is 35.0 Å². The Balaban J connectivity index is 2.09. The molecule has 0 aliphatic heterocycles. The van der Waals surface area contributed by atoms with Gasteiger partial charge in [-0.25, -0.2) is 0 Å². The van der Waals surface area contributed by atoms with E-state index < -0.39 is 8.32 Å². The molecule has 2 aromatic carbocycles. The van der Waals surface area contributed by atoms with E-state index in [0.717, 1.165) is 31.1 Å². The highest BCUT2D eigenvalue weighted by Crippen LogP contribution is 2.29. The molecule has 0 saturated heterocycles. The van der Waals surface area contributed by atoms with Crippen LogP contribution in [0.1, 0.15) is 45.0 Å². The van der Waals surface area contributed by atoms with Crippen LogP contribution in [0.4, 0.5) is 0 Å². The predicted molar refractivity (Wildman–Crippen MR) is 110 cm³/mol. The van der Waals surface area contributed by atoms with Gasteiger partial charge < -0.3 is 8.84 Å². The number of furan rings is 1. The second kappa shape index (κ2) is 9.02. The van der Waals surface area contributed by atoms with Crippen molar-refractivity contribution < 1.29 is 8.84 Å². The van der Waals surface area contributed by atoms with Crippen molar-refractivity contribution in [2.75, 3.05) is 0 Å². The normalized spacial score (nSPS) is 12.8. The maximum atomic E-state index is 7.05. The van der Waals surface area contributed by atoms with Crippen LogP contribution in [0.25, 0.3) is 0 Å². The third kappa shape index (κ3) is 4.00. The Hall–Kier alpha value is -2.10. The van der Waals surface area contributed by atoms with Gasteiger partial charge in [0.15, 0.2) is 0 Å². The molecule has 3 rings (SSSR count). The molecule has 0 N–H and O–H groups in total. The van der Waals surface area contributed by atoms with Crippen LogP contribution in [-0.4, -0.2) is 8.32 Å². The first kappa shape index (κ1) is 18.7. The Morgan fingerprint density at radius 3 is 1.92 bits per heavy atom. The average molecular weight is 365 g/mol. The molecule has 1 unspecified atom stereocenters. The third-order valence-electron chi connectivity index (χ3n) is 4.94. The monoisotopic (exact) mass is 364 g/mol. The highest BCUT2D eigenvalue weighted by molar-refractivity contribution is 6.97. The lowest BCUT2D eigenvalue weighted by molar-refractivity contribution is 0.167. The second-order valence-corrected chi connectivity index (χ2v) is 10.2. The number of unbranched alkanes of at least 4 members (excludes halogenated alkanes) is 1. The summed E-state index contributed by atoms with van der Waals surface area (Å²) in [6, 6.07) is 26.7. The van der Waals surface area contributed by atoms with Crippen molar-refractivity contribution in [3.05, 3.63) is 84.8 Å². The summed E-state index contributed by atoms with van der Waals surface area (Å²) >= 11 is 0. The lowest BCUT2D eigenvalue weighted by Gasteiger charge is -2.35. The van der Waals surface area contributed by atoms with Crippen LogP contribution in [0.15, 0.2) is 83.5 Å². The van der Waals surface area contributed by atoms with Gasteiger partial charge in [0.1, 0.15) is 11.9 Å². The Morgan fingerprint density at radius 2 is 1.46 bits per heavy atom. The zero-order valence-electron chi connectivity index (χ0n) is 15.7. The molecule has 3 heteroatoms. The summed E-state index contributed by atoms with van der Waals surface area (Å²) in [6.07, 6.45) is 4.93. The van der Waals surface area contributed by atoms with Crippen molar-refractivity contribution in [1.29, 1.82) is 0 Å². The van der Waals surface area contributed by atoms with Gasteiger partial charge >= 0.3 is 0 Å². The molecule has 136 valence electrons. The first-order chi connectivity index (χ1) is 12.8. The molecule has 1 aromatic heterocycles. The van der Waals surface area contributed by atoms with E-state index >= 15 is 0 Å². The van der Waals surface area contributed by atoms with Gasteiger partial charge in [-0.2, -0.15) is 0 Å². The van der Waals surface area contributed by atoms with E-state index in [1.54, 1.807) is 6.26 Å². The van der Waals surface area contributed by atoms with Gasteiger partial charge in [-0.15, -0.1) is 0 Å². The van der Waals surface area contributed by atoms with Crippen molar-refractivity contribution in [2.45, 2.75) is 45.3 Å². The van der Waals surface area contributed by atoms with Crippen molar-refractivity contribution in [3.8, 4) is 0 Å². The number of hydrogen-bond acceptors (Lipinski definition) is 2. The molecule has 0 amide bonds. The van der Waals surface area contributed by atoms with Crippen LogP contribution >= 0.6 is 0 Å². The van der Waals surface area contributed by atoms with E-state index in [1.165, 1.54) is 10.4 Å². The van der Waals surface area contributed by atoms with E-state index in [2.05, 4.69) is 74.5 Å². The zero-order chi connectivity index (χ0) is 18.2. The maximum absolute atomic E-state index is 7.05. The van der Waals surface area contributed by atoms with E-state index in [4.69, 9.17) is 8.84 Å². The van der Waals surface area contributed by atoms with Crippen LogP contribution in [-0.2, 0) is 4.43 Å². The standard InChI is InChI=1S/C23H28O2Si/c1-3-5-19-26(20-13-8-6-9-14-20,21-15-10-7-11-16-21)25-22(4-2)23-17-12-18-24-23/h6-18,22H,3-5,19H2,1-2H3. The minimum absolute atomic E-state index is 0.0195. The summed E-state index contributed by atoms with van der Waals surface area (Å²) in [6.45, 7) is 4.42. The maximum Gasteiger partial charge on any atom is 0.256 e. The SMILES string of the molecule is CCCC[Si](OC(CC)c1ccco1)(c1ccccc1)c1ccccc1. The minimum atomic E-state index is -2.37. The first-order valence-electron chi connectivity index (χ1n) is 9.62. The molecule has 0 spiro atoms. The molecule has 0 saturated carbocycles. The first-order valence-corrected chi connectivity index (χ1v) is 11.7. The summed E-state index contributed by atoms with van der Waals surface area (Å²) in [7, 11) is -2.37. The number of rotatable bonds is 9. The van der Waals surface area contributed by atoms with Crippen molar-refractivity contribution in [1.82, 2.24) is 0 Å². The fourth-order valence-corrected chi connectivity index (χ4v) is 7.93. The minimum Gasteiger partial charge on any atom is -0.467 e. The lowest BCUT2D eigenvalue weighted by Crippen LogP contribution is -2.61.